The Morgan fingerprint density at radius 3 is 2.75 bits per heavy atom. The number of hydrazine groups is 1. The van der Waals surface area contributed by atoms with E-state index in [9.17, 15) is 9.90 Å². The molecule has 1 aliphatic heterocycles. The molecule has 12 heavy (non-hydrogen) atoms. The maximum atomic E-state index is 10.3. The van der Waals surface area contributed by atoms with Gasteiger partial charge in [-0.25, -0.2) is 5.43 Å². The van der Waals surface area contributed by atoms with Crippen LogP contribution in [0.4, 0.5) is 0 Å². The molecule has 1 rings (SSSR count). The van der Waals surface area contributed by atoms with Crippen molar-refractivity contribution >= 4 is 5.97 Å². The Labute approximate surface area is 70.3 Å². The minimum atomic E-state index is -1.13. The van der Waals surface area contributed by atoms with E-state index in [4.69, 9.17) is 5.11 Å². The first-order valence-corrected chi connectivity index (χ1v) is 3.58. The summed E-state index contributed by atoms with van der Waals surface area (Å²) in [5, 5.41) is 19.4. The highest BCUT2D eigenvalue weighted by molar-refractivity contribution is 5.70. The molecule has 0 saturated heterocycles. The van der Waals surface area contributed by atoms with Crippen LogP contribution in [0.1, 0.15) is 13.3 Å². The van der Waals surface area contributed by atoms with Gasteiger partial charge in [0, 0.05) is 12.7 Å². The molecule has 0 aliphatic carbocycles. The van der Waals surface area contributed by atoms with Gasteiger partial charge < -0.3 is 15.2 Å². The lowest BCUT2D eigenvalue weighted by Gasteiger charge is -2.20. The minimum absolute atomic E-state index is 0.0837. The lowest BCUT2D eigenvalue weighted by molar-refractivity contribution is -0.136. The van der Waals surface area contributed by atoms with E-state index in [0.717, 1.165) is 0 Å². The first-order chi connectivity index (χ1) is 5.41. The van der Waals surface area contributed by atoms with Gasteiger partial charge in [-0.3, -0.25) is 4.79 Å². The number of hydrogen-bond donors (Lipinski definition) is 3. The molecule has 1 unspecified atom stereocenters. The van der Waals surface area contributed by atoms with Crippen molar-refractivity contribution < 1.29 is 15.0 Å². The summed E-state index contributed by atoms with van der Waals surface area (Å²) in [5.41, 5.74) is 2.12. The molecule has 5 heteroatoms. The lowest BCUT2D eigenvalue weighted by atomic mass is 10.2. The van der Waals surface area contributed by atoms with Crippen molar-refractivity contribution in [2.45, 2.75) is 19.1 Å². The summed E-state index contributed by atoms with van der Waals surface area (Å²) in [5.74, 6) is -0.910. The van der Waals surface area contributed by atoms with E-state index in [2.05, 4.69) is 5.43 Å². The van der Waals surface area contributed by atoms with Crippen LogP contribution in [0.2, 0.25) is 0 Å². The Morgan fingerprint density at radius 2 is 2.42 bits per heavy atom. The standard InChI is InChI=1S/C7H12N2O3/c1-7(12)4-5(3-6(10)11)9(2)8-7/h4,8,12H,3H2,1-2H3,(H,10,11). The molecule has 0 saturated carbocycles. The van der Waals surface area contributed by atoms with Gasteiger partial charge in [-0.1, -0.05) is 0 Å². The van der Waals surface area contributed by atoms with Crippen molar-refractivity contribution in [3.05, 3.63) is 11.8 Å². The van der Waals surface area contributed by atoms with Crippen LogP contribution >= 0.6 is 0 Å². The molecule has 0 fully saturated rings. The second kappa shape index (κ2) is 2.76. The Hall–Kier alpha value is -1.07. The predicted octanol–water partition coefficient (Wildman–Crippen LogP) is -0.497. The van der Waals surface area contributed by atoms with Crippen LogP contribution in [-0.2, 0) is 4.79 Å². The molecule has 1 aliphatic rings. The zero-order chi connectivity index (χ0) is 9.35. The Kier molecular flexibility index (Phi) is 2.08. The van der Waals surface area contributed by atoms with Crippen LogP contribution in [-0.4, -0.2) is 34.0 Å². The number of hydrogen-bond acceptors (Lipinski definition) is 4. The number of nitrogens with zero attached hydrogens (tertiary/aromatic N) is 1. The number of carbonyl (C=O) groups is 1. The van der Waals surface area contributed by atoms with Gasteiger partial charge in [0.05, 0.1) is 6.42 Å². The number of rotatable bonds is 2. The zero-order valence-corrected chi connectivity index (χ0v) is 7.03. The third-order valence-electron chi connectivity index (χ3n) is 1.60. The highest BCUT2D eigenvalue weighted by Gasteiger charge is 2.28. The van der Waals surface area contributed by atoms with Crippen molar-refractivity contribution in [2.75, 3.05) is 7.05 Å². The molecular formula is C7H12N2O3. The number of nitrogens with one attached hydrogen (secondary N) is 1. The maximum absolute atomic E-state index is 10.3. The summed E-state index contributed by atoms with van der Waals surface area (Å²) in [6.07, 6.45) is 1.40. The number of aliphatic carboxylic acids is 1. The molecule has 0 aromatic carbocycles. The number of aliphatic hydroxyl groups is 1. The minimum Gasteiger partial charge on any atom is -0.481 e. The normalized spacial score (nSPS) is 28.9. The first-order valence-electron chi connectivity index (χ1n) is 3.58. The average molecular weight is 172 g/mol. The highest BCUT2D eigenvalue weighted by Crippen LogP contribution is 2.18. The SMILES string of the molecule is CN1NC(C)(O)C=C1CC(=O)O. The summed E-state index contributed by atoms with van der Waals surface area (Å²) in [6, 6.07) is 0. The van der Waals surface area contributed by atoms with Crippen LogP contribution < -0.4 is 5.43 Å². The van der Waals surface area contributed by atoms with Gasteiger partial charge in [-0.2, -0.15) is 0 Å². The van der Waals surface area contributed by atoms with Gasteiger partial charge >= 0.3 is 5.97 Å². The topological polar surface area (TPSA) is 72.8 Å². The monoisotopic (exact) mass is 172 g/mol. The van der Waals surface area contributed by atoms with Crippen LogP contribution in [0.3, 0.4) is 0 Å². The van der Waals surface area contributed by atoms with Crippen LogP contribution in [0, 0.1) is 0 Å². The van der Waals surface area contributed by atoms with E-state index < -0.39 is 11.7 Å². The third kappa shape index (κ3) is 1.96. The van der Waals surface area contributed by atoms with Crippen molar-refractivity contribution in [1.82, 2.24) is 10.4 Å². The fourth-order valence-corrected chi connectivity index (χ4v) is 1.19. The van der Waals surface area contributed by atoms with E-state index in [0.29, 0.717) is 5.70 Å². The van der Waals surface area contributed by atoms with E-state index in [1.807, 2.05) is 0 Å². The second-order valence-corrected chi connectivity index (χ2v) is 3.02. The molecule has 1 atom stereocenters. The second-order valence-electron chi connectivity index (χ2n) is 3.02. The van der Waals surface area contributed by atoms with Crippen LogP contribution in [0.25, 0.3) is 0 Å². The molecule has 0 aromatic heterocycles. The molecule has 0 spiro atoms. The van der Waals surface area contributed by atoms with Gasteiger partial charge in [0.25, 0.3) is 0 Å². The van der Waals surface area contributed by atoms with Gasteiger partial charge in [0.1, 0.15) is 0 Å². The van der Waals surface area contributed by atoms with Crippen LogP contribution in [0.5, 0.6) is 0 Å². The van der Waals surface area contributed by atoms with E-state index in [1.54, 1.807) is 14.0 Å². The highest BCUT2D eigenvalue weighted by atomic mass is 16.4. The molecule has 3 N–H and O–H groups in total. The van der Waals surface area contributed by atoms with Crippen molar-refractivity contribution in [1.29, 1.82) is 0 Å². The first kappa shape index (κ1) is 9.02. The summed E-state index contributed by atoms with van der Waals surface area (Å²) in [4.78, 5) is 10.3. The predicted molar refractivity (Wildman–Crippen MR) is 41.9 cm³/mol. The fourth-order valence-electron chi connectivity index (χ4n) is 1.19. The smallest absolute Gasteiger partial charge is 0.309 e. The van der Waals surface area contributed by atoms with Crippen molar-refractivity contribution in [2.24, 2.45) is 0 Å². The third-order valence-corrected chi connectivity index (χ3v) is 1.60. The molecule has 68 valence electrons. The van der Waals surface area contributed by atoms with E-state index in [-0.39, 0.29) is 6.42 Å². The number of carboxylic acid groups (broad SMARTS) is 1. The Balaban J connectivity index is 2.70. The fraction of sp³-hybridized carbons (Fsp3) is 0.571. The van der Waals surface area contributed by atoms with Gasteiger partial charge in [0.2, 0.25) is 0 Å². The molecule has 0 bridgehead atoms. The van der Waals surface area contributed by atoms with Crippen molar-refractivity contribution in [3.63, 3.8) is 0 Å². The maximum Gasteiger partial charge on any atom is 0.309 e. The Morgan fingerprint density at radius 1 is 1.83 bits per heavy atom. The van der Waals surface area contributed by atoms with Gasteiger partial charge in [-0.05, 0) is 13.0 Å². The summed E-state index contributed by atoms with van der Waals surface area (Å²) in [6.45, 7) is 1.55. The Bertz CT molecular complexity index is 235. The largest absolute Gasteiger partial charge is 0.481 e. The summed E-state index contributed by atoms with van der Waals surface area (Å²) < 4.78 is 0. The molecule has 0 aromatic rings. The van der Waals surface area contributed by atoms with E-state index >= 15 is 0 Å². The molecule has 0 radical (unpaired) electrons. The van der Waals surface area contributed by atoms with Gasteiger partial charge in [0.15, 0.2) is 5.72 Å². The molecular weight excluding hydrogens is 160 g/mol. The summed E-state index contributed by atoms with van der Waals surface area (Å²) >= 11 is 0. The zero-order valence-electron chi connectivity index (χ0n) is 7.03. The molecule has 0 amide bonds. The molecule has 1 heterocycles. The number of carboxylic acids is 1. The van der Waals surface area contributed by atoms with Gasteiger partial charge in [-0.15, -0.1) is 0 Å². The summed E-state index contributed by atoms with van der Waals surface area (Å²) in [7, 11) is 1.66. The van der Waals surface area contributed by atoms with E-state index in [1.165, 1.54) is 11.1 Å². The lowest BCUT2D eigenvalue weighted by Crippen LogP contribution is -2.42. The quantitative estimate of drug-likeness (QED) is 0.524. The average Bonchev–Trinajstić information content (AvgIpc) is 2.03. The van der Waals surface area contributed by atoms with Crippen LogP contribution in [0.15, 0.2) is 11.8 Å². The van der Waals surface area contributed by atoms with Crippen molar-refractivity contribution in [3.8, 4) is 0 Å². The molecule has 5 nitrogen and oxygen atoms in total.